The maximum absolute atomic E-state index is 13.1. The van der Waals surface area contributed by atoms with Gasteiger partial charge in [0.1, 0.15) is 34.5 Å². The highest BCUT2D eigenvalue weighted by atomic mass is 16.3. The van der Waals surface area contributed by atoms with E-state index in [1.165, 1.54) is 182 Å². The van der Waals surface area contributed by atoms with E-state index in [0.717, 1.165) is 0 Å². The van der Waals surface area contributed by atoms with Crippen LogP contribution < -0.4 is 0 Å². The number of hydrogen-bond acceptors (Lipinski definition) is 12. The van der Waals surface area contributed by atoms with Crippen LogP contribution >= 0.6 is 0 Å². The molecule has 8 aromatic carbocycles. The Morgan fingerprint density at radius 3 is 0.403 bits per heavy atom. The topological polar surface area (TPSA) is 255 Å². The van der Waals surface area contributed by atoms with Gasteiger partial charge in [0.25, 0.3) is 0 Å². The normalized spacial score (nSPS) is 10.4. The van der Waals surface area contributed by atoms with Crippen LogP contribution in [0, 0.1) is 0 Å². The molecule has 0 radical (unpaired) electrons. The van der Waals surface area contributed by atoms with Gasteiger partial charge in [0.05, 0.1) is 0 Å². The van der Waals surface area contributed by atoms with Gasteiger partial charge in [0.15, 0.2) is 34.7 Å². The van der Waals surface area contributed by atoms with Gasteiger partial charge < -0.3 is 36.1 Å². The van der Waals surface area contributed by atoms with Gasteiger partial charge in [-0.2, -0.15) is 0 Å². The molecule has 0 heterocycles. The minimum Gasteiger partial charge on any atom is -0.508 e. The van der Waals surface area contributed by atoms with Gasteiger partial charge in [-0.15, -0.1) is 0 Å². The fraction of sp³-hybridized carbons (Fsp3) is 0. The van der Waals surface area contributed by atoms with Crippen molar-refractivity contribution in [1.29, 1.82) is 0 Å². The first-order valence-electron chi connectivity index (χ1n) is 20.0. The lowest BCUT2D eigenvalue weighted by molar-refractivity contribution is 0.101. The molecule has 67 heavy (non-hydrogen) atoms. The summed E-state index contributed by atoms with van der Waals surface area (Å²) in [5, 5.41) is 57.0. The number of carbonyl (C=O) groups excluding carboxylic acids is 6. The number of aromatic hydroxyl groups is 6. The van der Waals surface area contributed by atoms with Crippen LogP contribution in [0.25, 0.3) is 0 Å². The van der Waals surface area contributed by atoms with Crippen molar-refractivity contribution in [3.05, 3.63) is 249 Å². The van der Waals surface area contributed by atoms with Crippen LogP contribution in [0.5, 0.6) is 34.5 Å². The Hall–Kier alpha value is -9.46. The van der Waals surface area contributed by atoms with E-state index in [1.54, 1.807) is 0 Å². The van der Waals surface area contributed by atoms with E-state index in [9.17, 15) is 59.4 Å². The van der Waals surface area contributed by atoms with Crippen molar-refractivity contribution in [3.8, 4) is 34.5 Å². The maximum atomic E-state index is 13.1. The summed E-state index contributed by atoms with van der Waals surface area (Å²) in [5.41, 5.74) is 2.49. The summed E-state index contributed by atoms with van der Waals surface area (Å²) in [6.07, 6.45) is 0. The maximum Gasteiger partial charge on any atom is 0.193 e. The lowest BCUT2D eigenvalue weighted by Crippen LogP contribution is -2.10. The summed E-state index contributed by atoms with van der Waals surface area (Å²) in [7, 11) is 0. The zero-order valence-electron chi connectivity index (χ0n) is 35.0. The molecule has 8 rings (SSSR count). The lowest BCUT2D eigenvalue weighted by atomic mass is 9.92. The van der Waals surface area contributed by atoms with Crippen molar-refractivity contribution in [2.45, 2.75) is 0 Å². The monoisotopic (exact) mass is 894 g/mol. The molecule has 0 fully saturated rings. The van der Waals surface area contributed by atoms with E-state index in [0.29, 0.717) is 0 Å². The van der Waals surface area contributed by atoms with Gasteiger partial charge in [-0.1, -0.05) is 0 Å². The molecule has 13 heteroatoms. The third-order valence-electron chi connectivity index (χ3n) is 10.2. The number of phenolic OH excluding ortho intramolecular Hbond substituents is 6. The predicted octanol–water partition coefficient (Wildman–Crippen LogP) is 8.17. The number of phenols is 6. The predicted molar refractivity (Wildman–Crippen MR) is 246 cm³/mol. The summed E-state index contributed by atoms with van der Waals surface area (Å²) >= 11 is 0. The molecule has 0 bridgehead atoms. The van der Waals surface area contributed by atoms with Crippen LogP contribution in [0.15, 0.2) is 182 Å². The SMILES string of the molecule is O.O=C(c1ccc(O)cc1)c1cc(C(=O)c2ccc(O)cc2)cc(C(=O)c2ccc(O)cc2)c1.O=C(c1ccc(O)cc1)c1cc(C(=O)c2ccc(O)cc2)cc(C(=O)c2ccc(O)cc2)c1. The number of benzene rings is 8. The average molecular weight is 895 g/mol. The Balaban J connectivity index is 0.000000218. The van der Waals surface area contributed by atoms with Gasteiger partial charge in [-0.3, -0.25) is 28.8 Å². The van der Waals surface area contributed by atoms with Gasteiger partial charge in [-0.05, 0) is 182 Å². The molecule has 332 valence electrons. The molecule has 8 aromatic rings. The largest absolute Gasteiger partial charge is 0.508 e. The van der Waals surface area contributed by atoms with Crippen molar-refractivity contribution in [3.63, 3.8) is 0 Å². The average Bonchev–Trinajstić information content (AvgIpc) is 3.34. The van der Waals surface area contributed by atoms with Crippen LogP contribution in [-0.2, 0) is 0 Å². The highest BCUT2D eigenvalue weighted by Crippen LogP contribution is 2.25. The third-order valence-corrected chi connectivity index (χ3v) is 10.2. The Morgan fingerprint density at radius 2 is 0.299 bits per heavy atom. The summed E-state index contributed by atoms with van der Waals surface area (Å²) in [6.45, 7) is 0. The smallest absolute Gasteiger partial charge is 0.193 e. The molecule has 0 saturated carbocycles. The molecule has 13 nitrogen and oxygen atoms in total. The zero-order chi connectivity index (χ0) is 47.1. The molecule has 0 aliphatic heterocycles. The van der Waals surface area contributed by atoms with Crippen LogP contribution in [0.1, 0.15) is 95.5 Å². The molecule has 0 atom stereocenters. The van der Waals surface area contributed by atoms with E-state index >= 15 is 0 Å². The second kappa shape index (κ2) is 20.4. The molecule has 0 aliphatic carbocycles. The fourth-order valence-corrected chi connectivity index (χ4v) is 6.72. The first-order valence-corrected chi connectivity index (χ1v) is 20.0. The molecule has 8 N–H and O–H groups in total. The van der Waals surface area contributed by atoms with Gasteiger partial charge in [0.2, 0.25) is 0 Å². The van der Waals surface area contributed by atoms with Crippen LogP contribution in [0.4, 0.5) is 0 Å². The number of rotatable bonds is 12. The highest BCUT2D eigenvalue weighted by Gasteiger charge is 2.22. The molecular formula is C54H38O13. The first kappa shape index (κ1) is 47.0. The summed E-state index contributed by atoms with van der Waals surface area (Å²) < 4.78 is 0. The standard InChI is InChI=1S/2C27H18O6.H2O/c2*28-22-7-1-16(2-8-22)25(31)19-13-20(26(32)17-3-9-23(29)10-4-17)15-21(14-19)27(33)18-5-11-24(30)12-6-18;/h2*1-15,28-30H;1H2. The first-order chi connectivity index (χ1) is 31.6. The van der Waals surface area contributed by atoms with Crippen molar-refractivity contribution in [1.82, 2.24) is 0 Å². The van der Waals surface area contributed by atoms with E-state index in [-0.39, 0.29) is 107 Å². The minimum atomic E-state index is -0.421. The van der Waals surface area contributed by atoms with Crippen LogP contribution in [0.2, 0.25) is 0 Å². The molecule has 0 aliphatic rings. The Kier molecular flexibility index (Phi) is 14.3. The number of hydrogen-bond donors (Lipinski definition) is 6. The Morgan fingerprint density at radius 1 is 0.194 bits per heavy atom. The second-order valence-electron chi connectivity index (χ2n) is 14.9. The third kappa shape index (κ3) is 11.2. The molecule has 0 saturated heterocycles. The minimum absolute atomic E-state index is 0. The lowest BCUT2D eigenvalue weighted by Gasteiger charge is -2.10. The van der Waals surface area contributed by atoms with Crippen LogP contribution in [0.3, 0.4) is 0 Å². The molecule has 0 unspecified atom stereocenters. The van der Waals surface area contributed by atoms with E-state index in [1.807, 2.05) is 0 Å². The van der Waals surface area contributed by atoms with Crippen molar-refractivity contribution in [2.24, 2.45) is 0 Å². The van der Waals surface area contributed by atoms with Gasteiger partial charge in [0, 0.05) is 66.8 Å². The highest BCUT2D eigenvalue weighted by molar-refractivity contribution is 6.18. The van der Waals surface area contributed by atoms with Crippen molar-refractivity contribution in [2.75, 3.05) is 0 Å². The Labute approximate surface area is 381 Å². The van der Waals surface area contributed by atoms with Crippen molar-refractivity contribution < 1.29 is 64.9 Å². The molecular weight excluding hydrogens is 857 g/mol. The summed E-state index contributed by atoms with van der Waals surface area (Å²) in [5.74, 6) is -2.49. The van der Waals surface area contributed by atoms with Gasteiger partial charge in [-0.25, -0.2) is 0 Å². The zero-order valence-corrected chi connectivity index (χ0v) is 35.0. The van der Waals surface area contributed by atoms with Gasteiger partial charge >= 0.3 is 0 Å². The van der Waals surface area contributed by atoms with Crippen molar-refractivity contribution >= 4 is 34.7 Å². The number of ketones is 6. The molecule has 0 spiro atoms. The number of carbonyl (C=O) groups is 6. The summed E-state index contributed by atoms with van der Waals surface area (Å²) in [4.78, 5) is 78.6. The van der Waals surface area contributed by atoms with E-state index in [2.05, 4.69) is 0 Å². The summed E-state index contributed by atoms with van der Waals surface area (Å²) in [6, 6.07) is 42.4. The fourth-order valence-electron chi connectivity index (χ4n) is 6.72. The second-order valence-corrected chi connectivity index (χ2v) is 14.9. The molecule has 0 aromatic heterocycles. The van der Waals surface area contributed by atoms with E-state index < -0.39 is 34.7 Å². The van der Waals surface area contributed by atoms with Crippen LogP contribution in [-0.4, -0.2) is 70.8 Å². The quantitative estimate of drug-likeness (QED) is 0.0635. The van der Waals surface area contributed by atoms with E-state index in [4.69, 9.17) is 0 Å². The molecule has 0 amide bonds. The Bertz CT molecular complexity index is 2560.